The molecule has 0 heterocycles. The summed E-state index contributed by atoms with van der Waals surface area (Å²) in [6.45, 7) is 3.19. The van der Waals surface area contributed by atoms with E-state index in [1.807, 2.05) is 11.8 Å². The molecule has 0 aromatic rings. The third-order valence-corrected chi connectivity index (χ3v) is 4.00. The number of nitrogens with two attached hydrogens (primary N) is 1. The number of hydrogen-bond acceptors (Lipinski definition) is 4. The number of rotatable bonds is 8. The molecule has 94 valence electrons. The molecule has 16 heavy (non-hydrogen) atoms. The average molecular weight is 245 g/mol. The van der Waals surface area contributed by atoms with E-state index < -0.39 is 0 Å². The van der Waals surface area contributed by atoms with Crippen molar-refractivity contribution in [2.75, 3.05) is 18.6 Å². The minimum absolute atomic E-state index is 0.266. The summed E-state index contributed by atoms with van der Waals surface area (Å²) >= 11 is 1.87. The Morgan fingerprint density at radius 3 is 2.75 bits per heavy atom. The quantitative estimate of drug-likeness (QED) is 0.263. The Balaban J connectivity index is 2.30. The first-order chi connectivity index (χ1) is 7.65. The summed E-state index contributed by atoms with van der Waals surface area (Å²) in [5.41, 5.74) is 5.83. The fourth-order valence-corrected chi connectivity index (χ4v) is 2.65. The molecule has 1 fully saturated rings. The molecule has 0 bridgehead atoms. The summed E-state index contributed by atoms with van der Waals surface area (Å²) in [7, 11) is 0. The summed E-state index contributed by atoms with van der Waals surface area (Å²) in [4.78, 5) is 0. The smallest absolute Gasteiger partial charge is 0.139 e. The molecule has 1 unspecified atom stereocenters. The molecule has 0 spiro atoms. The first-order valence-corrected chi connectivity index (χ1v) is 7.24. The predicted octanol–water partition coefficient (Wildman–Crippen LogP) is 1.63. The maximum Gasteiger partial charge on any atom is 0.139 e. The van der Waals surface area contributed by atoms with E-state index in [9.17, 15) is 0 Å². The number of amidine groups is 1. The van der Waals surface area contributed by atoms with Gasteiger partial charge in [-0.2, -0.15) is 11.8 Å². The van der Waals surface area contributed by atoms with Crippen molar-refractivity contribution in [1.29, 1.82) is 0 Å². The number of nitrogens with zero attached hydrogens (tertiary/aromatic N) is 1. The zero-order valence-corrected chi connectivity index (χ0v) is 11.0. The van der Waals surface area contributed by atoms with E-state index in [1.54, 1.807) is 0 Å². The lowest BCUT2D eigenvalue weighted by Crippen LogP contribution is -2.36. The van der Waals surface area contributed by atoms with Gasteiger partial charge in [-0.1, -0.05) is 12.1 Å². The fourth-order valence-electron chi connectivity index (χ4n) is 1.90. The van der Waals surface area contributed by atoms with Gasteiger partial charge in [0.05, 0.1) is 0 Å². The van der Waals surface area contributed by atoms with Gasteiger partial charge in [0.25, 0.3) is 0 Å². The van der Waals surface area contributed by atoms with Crippen LogP contribution in [0.15, 0.2) is 5.16 Å². The summed E-state index contributed by atoms with van der Waals surface area (Å²) in [5, 5.41) is 15.2. The largest absolute Gasteiger partial charge is 0.409 e. The fraction of sp³-hybridized carbons (Fsp3) is 0.909. The minimum atomic E-state index is 0.266. The summed E-state index contributed by atoms with van der Waals surface area (Å²) in [5.74, 6) is 1.51. The molecule has 4 nitrogen and oxygen atoms in total. The van der Waals surface area contributed by atoms with E-state index in [2.05, 4.69) is 23.7 Å². The number of hydrogen-bond donors (Lipinski definition) is 3. The Morgan fingerprint density at radius 2 is 2.31 bits per heavy atom. The SMILES string of the molecule is CCC(CSC)NCC1(CC(N)=NO)CC1. The van der Waals surface area contributed by atoms with Crippen LogP contribution >= 0.6 is 11.8 Å². The molecule has 0 aromatic carbocycles. The molecule has 5 heteroatoms. The van der Waals surface area contributed by atoms with Crippen LogP contribution in [0.25, 0.3) is 0 Å². The summed E-state index contributed by atoms with van der Waals surface area (Å²) < 4.78 is 0. The Hall–Kier alpha value is -0.420. The lowest BCUT2D eigenvalue weighted by molar-refractivity contribution is 0.313. The van der Waals surface area contributed by atoms with Crippen LogP contribution in [0.3, 0.4) is 0 Å². The maximum absolute atomic E-state index is 8.57. The van der Waals surface area contributed by atoms with Crippen LogP contribution in [0.2, 0.25) is 0 Å². The first-order valence-electron chi connectivity index (χ1n) is 5.84. The van der Waals surface area contributed by atoms with Crippen LogP contribution in [0.1, 0.15) is 32.6 Å². The molecular formula is C11H23N3OS. The molecular weight excluding hydrogens is 222 g/mol. The lowest BCUT2D eigenvalue weighted by atomic mass is 10.0. The highest BCUT2D eigenvalue weighted by Crippen LogP contribution is 2.48. The first kappa shape index (κ1) is 13.6. The molecule has 1 saturated carbocycles. The van der Waals surface area contributed by atoms with Crippen LogP contribution in [-0.2, 0) is 0 Å². The average Bonchev–Trinajstić information content (AvgIpc) is 3.04. The summed E-state index contributed by atoms with van der Waals surface area (Å²) in [6.07, 6.45) is 6.37. The Morgan fingerprint density at radius 1 is 1.62 bits per heavy atom. The Bertz CT molecular complexity index is 241. The van der Waals surface area contributed by atoms with Crippen molar-refractivity contribution in [1.82, 2.24) is 5.32 Å². The van der Waals surface area contributed by atoms with Crippen molar-refractivity contribution in [2.45, 2.75) is 38.6 Å². The van der Waals surface area contributed by atoms with Crippen molar-refractivity contribution < 1.29 is 5.21 Å². The van der Waals surface area contributed by atoms with Crippen LogP contribution in [-0.4, -0.2) is 35.6 Å². The van der Waals surface area contributed by atoms with Crippen LogP contribution in [0, 0.1) is 5.41 Å². The highest BCUT2D eigenvalue weighted by molar-refractivity contribution is 7.98. The molecule has 0 amide bonds. The van der Waals surface area contributed by atoms with E-state index in [-0.39, 0.29) is 5.41 Å². The van der Waals surface area contributed by atoms with Gasteiger partial charge >= 0.3 is 0 Å². The second kappa shape index (κ2) is 6.35. The van der Waals surface area contributed by atoms with E-state index >= 15 is 0 Å². The highest BCUT2D eigenvalue weighted by Gasteiger charge is 2.43. The molecule has 0 saturated heterocycles. The number of nitrogens with one attached hydrogen (secondary N) is 1. The zero-order chi connectivity index (χ0) is 12.0. The number of oxime groups is 1. The molecule has 1 aliphatic carbocycles. The molecule has 0 aromatic heterocycles. The van der Waals surface area contributed by atoms with E-state index in [0.717, 1.165) is 18.7 Å². The van der Waals surface area contributed by atoms with E-state index in [4.69, 9.17) is 10.9 Å². The van der Waals surface area contributed by atoms with Gasteiger partial charge in [-0.15, -0.1) is 0 Å². The predicted molar refractivity (Wildman–Crippen MR) is 70.2 cm³/mol. The summed E-state index contributed by atoms with van der Waals surface area (Å²) in [6, 6.07) is 0.583. The van der Waals surface area contributed by atoms with Gasteiger partial charge in [0.2, 0.25) is 0 Å². The van der Waals surface area contributed by atoms with Gasteiger partial charge in [-0.05, 0) is 30.9 Å². The molecule has 0 radical (unpaired) electrons. The molecule has 1 atom stereocenters. The molecule has 4 N–H and O–H groups in total. The maximum atomic E-state index is 8.57. The molecule has 1 aliphatic rings. The number of thioether (sulfide) groups is 1. The standard InChI is InChI=1S/C11H23N3OS/c1-3-9(7-16-2)13-8-11(4-5-11)6-10(12)14-15/h9,13,15H,3-8H2,1-2H3,(H2,12,14). The molecule has 0 aliphatic heterocycles. The normalized spacial score (nSPS) is 20.8. The van der Waals surface area contributed by atoms with E-state index in [0.29, 0.717) is 18.3 Å². The van der Waals surface area contributed by atoms with Crippen LogP contribution < -0.4 is 11.1 Å². The van der Waals surface area contributed by atoms with Crippen molar-refractivity contribution >= 4 is 17.6 Å². The van der Waals surface area contributed by atoms with Gasteiger partial charge in [-0.25, -0.2) is 0 Å². The van der Waals surface area contributed by atoms with Gasteiger partial charge in [0, 0.05) is 24.8 Å². The topological polar surface area (TPSA) is 70.6 Å². The second-order valence-corrected chi connectivity index (χ2v) is 5.62. The van der Waals surface area contributed by atoms with Gasteiger partial charge in [0.1, 0.15) is 5.84 Å². The van der Waals surface area contributed by atoms with Crippen molar-refractivity contribution in [2.24, 2.45) is 16.3 Å². The Labute approximate surface area is 102 Å². The zero-order valence-electron chi connectivity index (χ0n) is 10.2. The lowest BCUT2D eigenvalue weighted by Gasteiger charge is -2.21. The monoisotopic (exact) mass is 245 g/mol. The van der Waals surface area contributed by atoms with Gasteiger partial charge < -0.3 is 16.3 Å². The van der Waals surface area contributed by atoms with Gasteiger partial charge in [0.15, 0.2) is 0 Å². The molecule has 1 rings (SSSR count). The van der Waals surface area contributed by atoms with Crippen molar-refractivity contribution in [3.05, 3.63) is 0 Å². The van der Waals surface area contributed by atoms with Crippen LogP contribution in [0.4, 0.5) is 0 Å². The third kappa shape index (κ3) is 4.22. The van der Waals surface area contributed by atoms with Crippen molar-refractivity contribution in [3.63, 3.8) is 0 Å². The Kier molecular flexibility index (Phi) is 5.41. The third-order valence-electron chi connectivity index (χ3n) is 3.27. The van der Waals surface area contributed by atoms with E-state index in [1.165, 1.54) is 12.8 Å². The second-order valence-electron chi connectivity index (χ2n) is 4.71. The minimum Gasteiger partial charge on any atom is -0.409 e. The van der Waals surface area contributed by atoms with Crippen LogP contribution in [0.5, 0.6) is 0 Å². The highest BCUT2D eigenvalue weighted by atomic mass is 32.2. The van der Waals surface area contributed by atoms with Gasteiger partial charge in [-0.3, -0.25) is 0 Å². The van der Waals surface area contributed by atoms with Crippen molar-refractivity contribution in [3.8, 4) is 0 Å².